The van der Waals surface area contributed by atoms with E-state index in [2.05, 4.69) is 10.1 Å². The number of nitrogens with one attached hydrogen (secondary N) is 1. The van der Waals surface area contributed by atoms with Gasteiger partial charge in [0.05, 0.1) is 24.9 Å². The molecule has 1 heterocycles. The van der Waals surface area contributed by atoms with Gasteiger partial charge in [0.2, 0.25) is 0 Å². The fraction of sp³-hybridized carbons (Fsp3) is 0.348. The standard InChI is InChI=1S/C23H23ClF2N2O5S/c1-23(2,3)33-22(31)27-17-11-34-19-9-16(26)14(21(30)32-4)8-18(19)28(20(17)29)10-12-5-6-13(24)7-15(12)25/h5-9,17H,10-11H2,1-4H3,(H,27,31)/t17-/m0/s1. The molecule has 7 nitrogen and oxygen atoms in total. The van der Waals surface area contributed by atoms with Crippen molar-refractivity contribution in [3.05, 3.63) is 58.1 Å². The van der Waals surface area contributed by atoms with Crippen LogP contribution in [0.2, 0.25) is 5.02 Å². The Balaban J connectivity index is 2.04. The zero-order chi connectivity index (χ0) is 25.2. The van der Waals surface area contributed by atoms with Crippen LogP contribution < -0.4 is 10.2 Å². The van der Waals surface area contributed by atoms with E-state index >= 15 is 0 Å². The number of fused-ring (bicyclic) bond motifs is 1. The summed E-state index contributed by atoms with van der Waals surface area (Å²) in [5, 5.41) is 2.71. The van der Waals surface area contributed by atoms with E-state index in [1.54, 1.807) is 20.8 Å². The molecule has 1 N–H and O–H groups in total. The van der Waals surface area contributed by atoms with E-state index in [1.807, 2.05) is 0 Å². The number of hydrogen-bond donors (Lipinski definition) is 1. The van der Waals surface area contributed by atoms with Crippen LogP contribution in [0.5, 0.6) is 0 Å². The van der Waals surface area contributed by atoms with E-state index < -0.39 is 41.2 Å². The first-order valence-corrected chi connectivity index (χ1v) is 11.6. The number of ether oxygens (including phenoxy) is 2. The van der Waals surface area contributed by atoms with Gasteiger partial charge in [0, 0.05) is 21.2 Å². The molecule has 2 aromatic rings. The Morgan fingerprint density at radius 1 is 1.21 bits per heavy atom. The summed E-state index contributed by atoms with van der Waals surface area (Å²) >= 11 is 6.94. The molecule has 3 rings (SSSR count). The van der Waals surface area contributed by atoms with Crippen molar-refractivity contribution < 1.29 is 32.6 Å². The lowest BCUT2D eigenvalue weighted by atomic mass is 10.1. The number of anilines is 1. The average Bonchev–Trinajstić information content (AvgIpc) is 2.85. The van der Waals surface area contributed by atoms with E-state index in [0.29, 0.717) is 4.90 Å². The number of benzene rings is 2. The first kappa shape index (κ1) is 25.8. The minimum absolute atomic E-state index is 0.0572. The molecule has 34 heavy (non-hydrogen) atoms. The third kappa shape index (κ3) is 5.98. The lowest BCUT2D eigenvalue weighted by Gasteiger charge is -2.27. The molecule has 1 atom stereocenters. The maximum absolute atomic E-state index is 14.6. The monoisotopic (exact) mass is 512 g/mol. The van der Waals surface area contributed by atoms with Gasteiger partial charge in [-0.1, -0.05) is 17.7 Å². The highest BCUT2D eigenvalue weighted by atomic mass is 35.5. The van der Waals surface area contributed by atoms with E-state index in [0.717, 1.165) is 31.0 Å². The van der Waals surface area contributed by atoms with Crippen LogP contribution >= 0.6 is 23.4 Å². The van der Waals surface area contributed by atoms with Gasteiger partial charge in [-0.15, -0.1) is 11.8 Å². The van der Waals surface area contributed by atoms with Crippen LogP contribution in [0.1, 0.15) is 36.7 Å². The van der Waals surface area contributed by atoms with Gasteiger partial charge in [0.15, 0.2) is 0 Å². The Hall–Kier alpha value is -2.85. The number of thioether (sulfide) groups is 1. The molecule has 0 spiro atoms. The fourth-order valence-electron chi connectivity index (χ4n) is 3.22. The molecule has 0 bridgehead atoms. The first-order valence-electron chi connectivity index (χ1n) is 10.2. The van der Waals surface area contributed by atoms with Crippen LogP contribution in [0.15, 0.2) is 35.2 Å². The topological polar surface area (TPSA) is 84.9 Å². The molecular weight excluding hydrogens is 490 g/mol. The molecular formula is C23H23ClF2N2O5S. The number of nitrogens with zero attached hydrogens (tertiary/aromatic N) is 1. The number of halogens is 3. The Kier molecular flexibility index (Phi) is 7.72. The summed E-state index contributed by atoms with van der Waals surface area (Å²) in [6, 6.07) is 5.23. The van der Waals surface area contributed by atoms with Crippen LogP contribution in [-0.4, -0.2) is 42.5 Å². The first-order chi connectivity index (χ1) is 15.9. The second kappa shape index (κ2) is 10.2. The van der Waals surface area contributed by atoms with Crippen LogP contribution in [0.25, 0.3) is 0 Å². The van der Waals surface area contributed by atoms with Crippen LogP contribution in [0.4, 0.5) is 19.3 Å². The van der Waals surface area contributed by atoms with Gasteiger partial charge in [-0.05, 0) is 45.0 Å². The lowest BCUT2D eigenvalue weighted by Crippen LogP contribution is -2.50. The smallest absolute Gasteiger partial charge is 0.408 e. The summed E-state index contributed by atoms with van der Waals surface area (Å²) in [5.41, 5.74) is -0.858. The van der Waals surface area contributed by atoms with Crippen molar-refractivity contribution in [2.24, 2.45) is 0 Å². The van der Waals surface area contributed by atoms with Crippen LogP contribution in [0.3, 0.4) is 0 Å². The van der Waals surface area contributed by atoms with Crippen molar-refractivity contribution >= 4 is 47.0 Å². The predicted molar refractivity (Wildman–Crippen MR) is 124 cm³/mol. The molecule has 0 fully saturated rings. The summed E-state index contributed by atoms with van der Waals surface area (Å²) in [6.07, 6.45) is -0.809. The molecule has 0 saturated carbocycles. The zero-order valence-electron chi connectivity index (χ0n) is 18.9. The highest BCUT2D eigenvalue weighted by molar-refractivity contribution is 7.99. The quantitative estimate of drug-likeness (QED) is 0.584. The van der Waals surface area contributed by atoms with Crippen molar-refractivity contribution in [1.82, 2.24) is 5.32 Å². The molecule has 2 amide bonds. The maximum atomic E-state index is 14.6. The van der Waals surface area contributed by atoms with Gasteiger partial charge >= 0.3 is 12.1 Å². The summed E-state index contributed by atoms with van der Waals surface area (Å²) in [6.45, 7) is 4.78. The number of methoxy groups -OCH3 is 1. The molecule has 1 aliphatic rings. The van der Waals surface area contributed by atoms with Crippen molar-refractivity contribution in [3.63, 3.8) is 0 Å². The van der Waals surface area contributed by atoms with Crippen molar-refractivity contribution in [1.29, 1.82) is 0 Å². The van der Waals surface area contributed by atoms with Gasteiger partial charge < -0.3 is 19.7 Å². The number of esters is 1. The minimum Gasteiger partial charge on any atom is -0.465 e. The normalized spacial score (nSPS) is 15.9. The highest BCUT2D eigenvalue weighted by Crippen LogP contribution is 2.38. The number of amides is 2. The average molecular weight is 513 g/mol. The molecule has 0 aromatic heterocycles. The van der Waals surface area contributed by atoms with E-state index in [1.165, 1.54) is 23.1 Å². The molecule has 182 valence electrons. The third-order valence-electron chi connectivity index (χ3n) is 4.75. The second-order valence-corrected chi connectivity index (χ2v) is 9.96. The lowest BCUT2D eigenvalue weighted by molar-refractivity contribution is -0.120. The molecule has 2 aromatic carbocycles. The van der Waals surface area contributed by atoms with Crippen molar-refractivity contribution in [3.8, 4) is 0 Å². The number of hydrogen-bond acceptors (Lipinski definition) is 6. The van der Waals surface area contributed by atoms with Crippen LogP contribution in [0, 0.1) is 11.6 Å². The minimum atomic E-state index is -1.06. The van der Waals surface area contributed by atoms with Gasteiger partial charge in [-0.2, -0.15) is 0 Å². The van der Waals surface area contributed by atoms with E-state index in [9.17, 15) is 23.2 Å². The Morgan fingerprint density at radius 3 is 2.53 bits per heavy atom. The predicted octanol–water partition coefficient (Wildman–Crippen LogP) is 4.94. The van der Waals surface area contributed by atoms with Gasteiger partial charge in [0.25, 0.3) is 5.91 Å². The number of rotatable bonds is 4. The van der Waals surface area contributed by atoms with Crippen LogP contribution in [-0.2, 0) is 20.8 Å². The highest BCUT2D eigenvalue weighted by Gasteiger charge is 2.35. The Labute approximate surface area is 204 Å². The molecule has 0 unspecified atom stereocenters. The van der Waals surface area contributed by atoms with Gasteiger partial charge in [0.1, 0.15) is 23.3 Å². The summed E-state index contributed by atoms with van der Waals surface area (Å²) in [5.74, 6) is -2.94. The SMILES string of the molecule is COC(=O)c1cc2c(cc1F)SC[C@H](NC(=O)OC(C)(C)C)C(=O)N2Cc1ccc(Cl)cc1F. The Bertz CT molecular complexity index is 1140. The zero-order valence-corrected chi connectivity index (χ0v) is 20.5. The number of carbonyl (C=O) groups is 3. The van der Waals surface area contributed by atoms with Gasteiger partial charge in [-0.25, -0.2) is 18.4 Å². The number of carbonyl (C=O) groups excluding carboxylic acids is 3. The Morgan fingerprint density at radius 2 is 1.91 bits per heavy atom. The molecule has 0 radical (unpaired) electrons. The van der Waals surface area contributed by atoms with Gasteiger partial charge in [-0.3, -0.25) is 4.79 Å². The molecule has 11 heteroatoms. The summed E-state index contributed by atoms with van der Waals surface area (Å²) in [4.78, 5) is 39.4. The third-order valence-corrected chi connectivity index (χ3v) is 6.12. The molecule has 1 aliphatic heterocycles. The molecule has 0 aliphatic carbocycles. The second-order valence-electron chi connectivity index (χ2n) is 8.46. The van der Waals surface area contributed by atoms with E-state index in [4.69, 9.17) is 16.3 Å². The summed E-state index contributed by atoms with van der Waals surface area (Å²) < 4.78 is 39.1. The number of alkyl carbamates (subject to hydrolysis) is 1. The van der Waals surface area contributed by atoms with Crippen molar-refractivity contribution in [2.45, 2.75) is 43.9 Å². The van der Waals surface area contributed by atoms with Crippen molar-refractivity contribution in [2.75, 3.05) is 17.8 Å². The maximum Gasteiger partial charge on any atom is 0.408 e. The van der Waals surface area contributed by atoms with E-state index in [-0.39, 0.29) is 34.1 Å². The summed E-state index contributed by atoms with van der Waals surface area (Å²) in [7, 11) is 1.11. The molecule has 0 saturated heterocycles. The largest absolute Gasteiger partial charge is 0.465 e. The fourth-order valence-corrected chi connectivity index (χ4v) is 4.46.